The molecule has 2 fully saturated rings. The van der Waals surface area contributed by atoms with Crippen molar-refractivity contribution in [2.24, 2.45) is 11.8 Å². The molecule has 1 aliphatic heterocycles. The van der Waals surface area contributed by atoms with Crippen molar-refractivity contribution in [2.45, 2.75) is 58.5 Å². The standard InChI is InChI=1S/C24H37N3O2/c1-19(2)17-22(28)26-13-15-27(16-14-26)23(21-11-7-8-12-21)24(29)25(3)18-20-9-5-4-6-10-20/h4-6,9-10,19,21,23H,7-8,11-18H2,1-3H3/t23-/m0/s1. The zero-order chi connectivity index (χ0) is 20.8. The third-order valence-corrected chi connectivity index (χ3v) is 6.38. The van der Waals surface area contributed by atoms with Crippen molar-refractivity contribution >= 4 is 11.8 Å². The molecule has 160 valence electrons. The van der Waals surface area contributed by atoms with E-state index >= 15 is 0 Å². The van der Waals surface area contributed by atoms with Gasteiger partial charge in [0.2, 0.25) is 11.8 Å². The van der Waals surface area contributed by atoms with Crippen LogP contribution in [-0.2, 0) is 16.1 Å². The van der Waals surface area contributed by atoms with Crippen molar-refractivity contribution in [3.05, 3.63) is 35.9 Å². The van der Waals surface area contributed by atoms with Crippen LogP contribution in [0, 0.1) is 11.8 Å². The van der Waals surface area contributed by atoms with Crippen LogP contribution in [0.5, 0.6) is 0 Å². The Balaban J connectivity index is 1.64. The lowest BCUT2D eigenvalue weighted by molar-refractivity contribution is -0.141. The van der Waals surface area contributed by atoms with E-state index in [1.807, 2.05) is 35.0 Å². The van der Waals surface area contributed by atoms with Gasteiger partial charge in [-0.05, 0) is 30.2 Å². The van der Waals surface area contributed by atoms with Gasteiger partial charge in [-0.1, -0.05) is 57.0 Å². The first-order valence-electron chi connectivity index (χ1n) is 11.3. The number of nitrogens with zero attached hydrogens (tertiary/aromatic N) is 3. The predicted molar refractivity (Wildman–Crippen MR) is 116 cm³/mol. The monoisotopic (exact) mass is 399 g/mol. The van der Waals surface area contributed by atoms with E-state index in [4.69, 9.17) is 0 Å². The summed E-state index contributed by atoms with van der Waals surface area (Å²) in [4.78, 5) is 32.2. The second kappa shape index (κ2) is 10.2. The summed E-state index contributed by atoms with van der Waals surface area (Å²) in [6.45, 7) is 7.91. The summed E-state index contributed by atoms with van der Waals surface area (Å²) in [6.07, 6.45) is 5.35. The summed E-state index contributed by atoms with van der Waals surface area (Å²) < 4.78 is 0. The second-order valence-corrected chi connectivity index (χ2v) is 9.18. The number of benzene rings is 1. The van der Waals surface area contributed by atoms with Gasteiger partial charge in [0.1, 0.15) is 0 Å². The molecule has 1 aromatic rings. The highest BCUT2D eigenvalue weighted by Crippen LogP contribution is 2.32. The first kappa shape index (κ1) is 21.8. The van der Waals surface area contributed by atoms with Crippen LogP contribution >= 0.6 is 0 Å². The summed E-state index contributed by atoms with van der Waals surface area (Å²) in [5, 5.41) is 0. The van der Waals surface area contributed by atoms with Gasteiger partial charge in [0, 0.05) is 46.2 Å². The molecule has 0 unspecified atom stereocenters. The van der Waals surface area contributed by atoms with E-state index in [2.05, 4.69) is 30.9 Å². The molecule has 5 nitrogen and oxygen atoms in total. The summed E-state index contributed by atoms with van der Waals surface area (Å²) in [5.74, 6) is 1.32. The third kappa shape index (κ3) is 5.81. The minimum absolute atomic E-state index is 0.0476. The van der Waals surface area contributed by atoms with Gasteiger partial charge < -0.3 is 9.80 Å². The lowest BCUT2D eigenvalue weighted by atomic mass is 9.94. The Morgan fingerprint density at radius 2 is 1.66 bits per heavy atom. The maximum Gasteiger partial charge on any atom is 0.240 e. The van der Waals surface area contributed by atoms with Gasteiger partial charge in [-0.3, -0.25) is 14.5 Å². The fourth-order valence-corrected chi connectivity index (χ4v) is 4.82. The zero-order valence-electron chi connectivity index (χ0n) is 18.3. The first-order chi connectivity index (χ1) is 14.0. The fourth-order valence-electron chi connectivity index (χ4n) is 4.82. The Kier molecular flexibility index (Phi) is 7.70. The van der Waals surface area contributed by atoms with E-state index < -0.39 is 0 Å². The second-order valence-electron chi connectivity index (χ2n) is 9.18. The van der Waals surface area contributed by atoms with Gasteiger partial charge in [0.25, 0.3) is 0 Å². The Labute approximate surface area is 176 Å². The topological polar surface area (TPSA) is 43.9 Å². The van der Waals surface area contributed by atoms with Crippen LogP contribution in [0.1, 0.15) is 51.5 Å². The van der Waals surface area contributed by atoms with Crippen LogP contribution in [0.25, 0.3) is 0 Å². The number of rotatable bonds is 7. The van der Waals surface area contributed by atoms with Crippen LogP contribution in [0.2, 0.25) is 0 Å². The number of likely N-dealkylation sites (N-methyl/N-ethyl adjacent to an activating group) is 1. The molecule has 0 N–H and O–H groups in total. The summed E-state index contributed by atoms with van der Waals surface area (Å²) in [7, 11) is 1.93. The number of carbonyl (C=O) groups excluding carboxylic acids is 2. The van der Waals surface area contributed by atoms with E-state index in [0.717, 1.165) is 44.6 Å². The molecule has 0 aromatic heterocycles. The molecule has 0 bridgehead atoms. The normalized spacial score (nSPS) is 19.5. The molecular formula is C24H37N3O2. The van der Waals surface area contributed by atoms with Gasteiger partial charge in [-0.15, -0.1) is 0 Å². The van der Waals surface area contributed by atoms with Crippen LogP contribution in [-0.4, -0.2) is 65.8 Å². The molecule has 1 atom stereocenters. The average Bonchev–Trinajstić information content (AvgIpc) is 3.23. The Hall–Kier alpha value is -1.88. The Morgan fingerprint density at radius 1 is 1.03 bits per heavy atom. The number of piperazine rings is 1. The molecule has 1 saturated heterocycles. The molecule has 1 aromatic carbocycles. The van der Waals surface area contributed by atoms with Crippen LogP contribution in [0.4, 0.5) is 0 Å². The SMILES string of the molecule is CC(C)CC(=O)N1CCN([C@H](C(=O)N(C)Cc2ccccc2)C2CCCC2)CC1. The number of carbonyl (C=O) groups is 2. The maximum atomic E-state index is 13.5. The highest BCUT2D eigenvalue weighted by Gasteiger charge is 2.38. The Bertz CT molecular complexity index is 662. The van der Waals surface area contributed by atoms with E-state index in [1.165, 1.54) is 12.8 Å². The molecule has 29 heavy (non-hydrogen) atoms. The summed E-state index contributed by atoms with van der Waals surface area (Å²) >= 11 is 0. The molecule has 1 heterocycles. The van der Waals surface area contributed by atoms with Gasteiger partial charge in [-0.25, -0.2) is 0 Å². The largest absolute Gasteiger partial charge is 0.340 e. The van der Waals surface area contributed by atoms with Gasteiger partial charge in [-0.2, -0.15) is 0 Å². The molecule has 2 aliphatic rings. The number of hydrogen-bond acceptors (Lipinski definition) is 3. The van der Waals surface area contributed by atoms with E-state index in [1.54, 1.807) is 0 Å². The minimum Gasteiger partial charge on any atom is -0.340 e. The van der Waals surface area contributed by atoms with E-state index in [-0.39, 0.29) is 17.9 Å². The number of amides is 2. The number of hydrogen-bond donors (Lipinski definition) is 0. The van der Waals surface area contributed by atoms with Crippen molar-refractivity contribution < 1.29 is 9.59 Å². The molecule has 5 heteroatoms. The van der Waals surface area contributed by atoms with Crippen LogP contribution in [0.3, 0.4) is 0 Å². The fraction of sp³-hybridized carbons (Fsp3) is 0.667. The van der Waals surface area contributed by atoms with Crippen LogP contribution in [0.15, 0.2) is 30.3 Å². The minimum atomic E-state index is -0.0476. The highest BCUT2D eigenvalue weighted by atomic mass is 16.2. The average molecular weight is 400 g/mol. The molecule has 2 amide bonds. The predicted octanol–water partition coefficient (Wildman–Crippen LogP) is 3.39. The zero-order valence-corrected chi connectivity index (χ0v) is 18.3. The Morgan fingerprint density at radius 3 is 2.24 bits per heavy atom. The van der Waals surface area contributed by atoms with Crippen molar-refractivity contribution in [1.82, 2.24) is 14.7 Å². The molecule has 0 radical (unpaired) electrons. The molecule has 1 saturated carbocycles. The first-order valence-corrected chi connectivity index (χ1v) is 11.3. The van der Waals surface area contributed by atoms with Crippen LogP contribution < -0.4 is 0 Å². The highest BCUT2D eigenvalue weighted by molar-refractivity contribution is 5.82. The van der Waals surface area contributed by atoms with E-state index in [9.17, 15) is 9.59 Å². The molecule has 1 aliphatic carbocycles. The summed E-state index contributed by atoms with van der Waals surface area (Å²) in [5.41, 5.74) is 1.16. The van der Waals surface area contributed by atoms with Crippen molar-refractivity contribution in [3.63, 3.8) is 0 Å². The van der Waals surface area contributed by atoms with Gasteiger partial charge in [0.15, 0.2) is 0 Å². The van der Waals surface area contributed by atoms with Gasteiger partial charge >= 0.3 is 0 Å². The summed E-state index contributed by atoms with van der Waals surface area (Å²) in [6, 6.07) is 10.2. The van der Waals surface area contributed by atoms with Crippen molar-refractivity contribution in [2.75, 3.05) is 33.2 Å². The molecular weight excluding hydrogens is 362 g/mol. The quantitative estimate of drug-likeness (QED) is 0.706. The lowest BCUT2D eigenvalue weighted by Gasteiger charge is -2.42. The van der Waals surface area contributed by atoms with Gasteiger partial charge in [0.05, 0.1) is 6.04 Å². The smallest absolute Gasteiger partial charge is 0.240 e. The maximum absolute atomic E-state index is 13.5. The van der Waals surface area contributed by atoms with Crippen molar-refractivity contribution in [1.29, 1.82) is 0 Å². The van der Waals surface area contributed by atoms with Crippen molar-refractivity contribution in [3.8, 4) is 0 Å². The molecule has 0 spiro atoms. The third-order valence-electron chi connectivity index (χ3n) is 6.38. The lowest BCUT2D eigenvalue weighted by Crippen LogP contribution is -2.58. The molecule has 3 rings (SSSR count). The van der Waals surface area contributed by atoms with E-state index in [0.29, 0.717) is 24.8 Å².